The second-order valence-corrected chi connectivity index (χ2v) is 8.26. The van der Waals surface area contributed by atoms with E-state index in [4.69, 9.17) is 11.6 Å². The largest absolute Gasteiger partial charge is 0.306 e. The Morgan fingerprint density at radius 3 is 2.43 bits per heavy atom. The summed E-state index contributed by atoms with van der Waals surface area (Å²) < 4.78 is 1.21. The summed E-state index contributed by atoms with van der Waals surface area (Å²) in [5, 5.41) is 4.52. The molecule has 1 aromatic heterocycles. The minimum absolute atomic E-state index is 0.232. The fourth-order valence-electron chi connectivity index (χ4n) is 2.39. The third kappa shape index (κ3) is 3.89. The van der Waals surface area contributed by atoms with Crippen molar-refractivity contribution in [2.75, 3.05) is 6.54 Å². The van der Waals surface area contributed by atoms with Gasteiger partial charge in [0.25, 0.3) is 0 Å². The van der Waals surface area contributed by atoms with Crippen molar-refractivity contribution in [3.63, 3.8) is 0 Å². The first-order valence-corrected chi connectivity index (χ1v) is 9.18. The number of nitrogens with one attached hydrogen (secondary N) is 1. The van der Waals surface area contributed by atoms with E-state index in [-0.39, 0.29) is 6.04 Å². The highest BCUT2D eigenvalue weighted by Gasteiger charge is 2.19. The molecule has 2 aromatic rings. The molecular formula is C17H21BrClNS. The van der Waals surface area contributed by atoms with Gasteiger partial charge < -0.3 is 5.32 Å². The van der Waals surface area contributed by atoms with Gasteiger partial charge in [-0.3, -0.25) is 0 Å². The lowest BCUT2D eigenvalue weighted by atomic mass is 9.97. The molecule has 0 bridgehead atoms. The standard InChI is InChI=1S/C17H21BrClNS/c1-5-6-20-16(15-9-12(4)17(18)21-15)13-7-11(3)14(19)8-10(13)2/h7-9,16,20H,5-6H2,1-4H3. The third-order valence-electron chi connectivity index (χ3n) is 3.62. The maximum atomic E-state index is 6.25. The van der Waals surface area contributed by atoms with Gasteiger partial charge in [0.1, 0.15) is 0 Å². The van der Waals surface area contributed by atoms with Crippen molar-refractivity contribution < 1.29 is 0 Å². The molecule has 1 N–H and O–H groups in total. The molecule has 21 heavy (non-hydrogen) atoms. The fourth-order valence-corrected chi connectivity index (χ4v) is 4.28. The minimum Gasteiger partial charge on any atom is -0.306 e. The van der Waals surface area contributed by atoms with E-state index in [1.54, 1.807) is 0 Å². The van der Waals surface area contributed by atoms with Crippen LogP contribution in [0, 0.1) is 20.8 Å². The molecule has 114 valence electrons. The quantitative estimate of drug-likeness (QED) is 0.647. The Labute approximate surface area is 144 Å². The number of thiophene rings is 1. The summed E-state index contributed by atoms with van der Waals surface area (Å²) in [4.78, 5) is 1.35. The highest BCUT2D eigenvalue weighted by atomic mass is 79.9. The lowest BCUT2D eigenvalue weighted by molar-refractivity contribution is 0.603. The van der Waals surface area contributed by atoms with Gasteiger partial charge in [-0.1, -0.05) is 24.6 Å². The highest BCUT2D eigenvalue weighted by Crippen LogP contribution is 2.36. The molecule has 2 rings (SSSR count). The Balaban J connectivity index is 2.47. The average Bonchev–Trinajstić information content (AvgIpc) is 2.75. The first-order chi connectivity index (χ1) is 9.93. The lowest BCUT2D eigenvalue weighted by Gasteiger charge is -2.21. The molecule has 4 heteroatoms. The van der Waals surface area contributed by atoms with Crippen LogP contribution in [0.4, 0.5) is 0 Å². The van der Waals surface area contributed by atoms with E-state index in [2.05, 4.69) is 67.1 Å². The molecule has 1 nitrogen and oxygen atoms in total. The van der Waals surface area contributed by atoms with Crippen LogP contribution in [0.2, 0.25) is 5.02 Å². The van der Waals surface area contributed by atoms with Crippen molar-refractivity contribution in [1.82, 2.24) is 5.32 Å². The van der Waals surface area contributed by atoms with E-state index < -0.39 is 0 Å². The second-order valence-electron chi connectivity index (χ2n) is 5.45. The number of aryl methyl sites for hydroxylation is 3. The predicted octanol–water partition coefficient (Wildman–Crippen LogP) is 6.18. The number of hydrogen-bond donors (Lipinski definition) is 1. The van der Waals surface area contributed by atoms with Gasteiger partial charge in [0.15, 0.2) is 0 Å². The van der Waals surface area contributed by atoms with Crippen molar-refractivity contribution in [1.29, 1.82) is 0 Å². The van der Waals surface area contributed by atoms with E-state index in [1.165, 1.54) is 25.4 Å². The Kier molecular flexibility index (Phi) is 5.89. The van der Waals surface area contributed by atoms with Crippen molar-refractivity contribution in [3.05, 3.63) is 54.1 Å². The molecule has 0 amide bonds. The molecule has 0 aliphatic heterocycles. The smallest absolute Gasteiger partial charge is 0.0731 e. The maximum absolute atomic E-state index is 6.25. The van der Waals surface area contributed by atoms with Gasteiger partial charge >= 0.3 is 0 Å². The second kappa shape index (κ2) is 7.28. The summed E-state index contributed by atoms with van der Waals surface area (Å²) in [5.41, 5.74) is 4.98. The molecule has 0 saturated heterocycles. The van der Waals surface area contributed by atoms with Crippen LogP contribution in [0.1, 0.15) is 46.5 Å². The van der Waals surface area contributed by atoms with Crippen molar-refractivity contribution in [2.45, 2.75) is 40.2 Å². The summed E-state index contributed by atoms with van der Waals surface area (Å²) in [7, 11) is 0. The van der Waals surface area contributed by atoms with E-state index in [0.717, 1.165) is 23.6 Å². The van der Waals surface area contributed by atoms with Crippen molar-refractivity contribution in [3.8, 4) is 0 Å². The minimum atomic E-state index is 0.232. The zero-order valence-electron chi connectivity index (χ0n) is 12.9. The summed E-state index contributed by atoms with van der Waals surface area (Å²) in [6.45, 7) is 9.54. The number of halogens is 2. The van der Waals surface area contributed by atoms with Crippen LogP contribution < -0.4 is 5.32 Å². The van der Waals surface area contributed by atoms with Crippen LogP contribution in [-0.4, -0.2) is 6.54 Å². The van der Waals surface area contributed by atoms with Crippen LogP contribution in [0.5, 0.6) is 0 Å². The van der Waals surface area contributed by atoms with E-state index in [1.807, 2.05) is 11.3 Å². The lowest BCUT2D eigenvalue weighted by Crippen LogP contribution is -2.23. The van der Waals surface area contributed by atoms with E-state index >= 15 is 0 Å². The van der Waals surface area contributed by atoms with Crippen LogP contribution in [0.3, 0.4) is 0 Å². The Hall–Kier alpha value is -0.350. The van der Waals surface area contributed by atoms with E-state index in [0.29, 0.717) is 0 Å². The predicted molar refractivity (Wildman–Crippen MR) is 97.8 cm³/mol. The Bertz CT molecular complexity index is 616. The fraction of sp³-hybridized carbons (Fsp3) is 0.412. The third-order valence-corrected chi connectivity index (χ3v) is 6.23. The number of rotatable bonds is 5. The van der Waals surface area contributed by atoms with Gasteiger partial charge in [0, 0.05) is 9.90 Å². The monoisotopic (exact) mass is 385 g/mol. The molecule has 0 aliphatic rings. The molecule has 0 saturated carbocycles. The van der Waals surface area contributed by atoms with Gasteiger partial charge in [-0.2, -0.15) is 0 Å². The van der Waals surface area contributed by atoms with Gasteiger partial charge in [-0.05, 0) is 84.1 Å². The molecule has 1 unspecified atom stereocenters. The summed E-state index contributed by atoms with van der Waals surface area (Å²) in [5.74, 6) is 0. The van der Waals surface area contributed by atoms with Crippen LogP contribution in [-0.2, 0) is 0 Å². The zero-order valence-corrected chi connectivity index (χ0v) is 16.0. The topological polar surface area (TPSA) is 12.0 Å². The van der Waals surface area contributed by atoms with Crippen LogP contribution in [0.25, 0.3) is 0 Å². The Morgan fingerprint density at radius 1 is 1.14 bits per heavy atom. The first-order valence-electron chi connectivity index (χ1n) is 7.19. The van der Waals surface area contributed by atoms with Crippen LogP contribution in [0.15, 0.2) is 22.0 Å². The maximum Gasteiger partial charge on any atom is 0.0731 e. The molecule has 1 aromatic carbocycles. The normalized spacial score (nSPS) is 12.7. The van der Waals surface area contributed by atoms with E-state index in [9.17, 15) is 0 Å². The SMILES string of the molecule is CCCNC(c1cc(C)c(Br)s1)c1cc(C)c(Cl)cc1C. The number of benzene rings is 1. The molecular weight excluding hydrogens is 366 g/mol. The first kappa shape index (κ1) is 17.0. The van der Waals surface area contributed by atoms with Crippen molar-refractivity contribution >= 4 is 38.9 Å². The summed E-state index contributed by atoms with van der Waals surface area (Å²) in [6, 6.07) is 6.79. The molecule has 1 heterocycles. The molecule has 0 spiro atoms. The average molecular weight is 387 g/mol. The Morgan fingerprint density at radius 2 is 1.86 bits per heavy atom. The van der Waals surface area contributed by atoms with Gasteiger partial charge in [-0.15, -0.1) is 11.3 Å². The summed E-state index contributed by atoms with van der Waals surface area (Å²) >= 11 is 11.7. The van der Waals surface area contributed by atoms with Gasteiger partial charge in [0.05, 0.1) is 9.83 Å². The zero-order chi connectivity index (χ0) is 15.6. The number of hydrogen-bond acceptors (Lipinski definition) is 2. The molecule has 0 fully saturated rings. The highest BCUT2D eigenvalue weighted by molar-refractivity contribution is 9.11. The molecule has 1 atom stereocenters. The summed E-state index contributed by atoms with van der Waals surface area (Å²) in [6.07, 6.45) is 1.12. The van der Waals surface area contributed by atoms with Crippen LogP contribution >= 0.6 is 38.9 Å². The van der Waals surface area contributed by atoms with Gasteiger partial charge in [0.2, 0.25) is 0 Å². The van der Waals surface area contributed by atoms with Crippen molar-refractivity contribution in [2.24, 2.45) is 0 Å². The molecule has 0 aliphatic carbocycles. The molecule has 0 radical (unpaired) electrons. The van der Waals surface area contributed by atoms with Gasteiger partial charge in [-0.25, -0.2) is 0 Å².